The lowest BCUT2D eigenvalue weighted by atomic mass is 10.1. The van der Waals surface area contributed by atoms with Gasteiger partial charge in [0.1, 0.15) is 0 Å². The molecule has 0 aliphatic heterocycles. The second-order valence-corrected chi connectivity index (χ2v) is 4.17. The molecule has 1 amide bonds. The number of nitrogens with one attached hydrogen (secondary N) is 1. The second kappa shape index (κ2) is 9.97. The highest BCUT2D eigenvalue weighted by atomic mass is 16.3. The van der Waals surface area contributed by atoms with Crippen molar-refractivity contribution in [3.63, 3.8) is 0 Å². The van der Waals surface area contributed by atoms with E-state index >= 15 is 0 Å². The molecule has 2 N–H and O–H groups in total. The third kappa shape index (κ3) is 11.4. The van der Waals surface area contributed by atoms with Crippen LogP contribution >= 0.6 is 0 Å². The smallest absolute Gasteiger partial charge is 0.220 e. The van der Waals surface area contributed by atoms with Crippen molar-refractivity contribution in [1.82, 2.24) is 5.32 Å². The Morgan fingerprint density at radius 2 is 1.80 bits per heavy atom. The highest BCUT2D eigenvalue weighted by molar-refractivity contribution is 5.75. The van der Waals surface area contributed by atoms with Crippen molar-refractivity contribution < 1.29 is 9.90 Å². The Bertz CT molecular complexity index is 158. The van der Waals surface area contributed by atoms with Gasteiger partial charge in [-0.15, -0.1) is 0 Å². The Morgan fingerprint density at radius 3 is 2.40 bits per heavy atom. The minimum atomic E-state index is -0.446. The summed E-state index contributed by atoms with van der Waals surface area (Å²) >= 11 is 0. The molecule has 0 spiro atoms. The maximum Gasteiger partial charge on any atom is 0.220 e. The van der Waals surface area contributed by atoms with Crippen LogP contribution in [0.3, 0.4) is 0 Å². The summed E-state index contributed by atoms with van der Waals surface area (Å²) in [7, 11) is 0. The van der Waals surface area contributed by atoms with Crippen LogP contribution in [0.2, 0.25) is 0 Å². The van der Waals surface area contributed by atoms with Gasteiger partial charge in [0.25, 0.3) is 0 Å². The first-order valence-electron chi connectivity index (χ1n) is 6.11. The molecular formula is C12H25NO2. The van der Waals surface area contributed by atoms with E-state index in [4.69, 9.17) is 5.11 Å². The van der Waals surface area contributed by atoms with E-state index in [1.807, 2.05) is 0 Å². The maximum atomic E-state index is 11.2. The van der Waals surface area contributed by atoms with E-state index in [1.165, 1.54) is 25.7 Å². The Morgan fingerprint density at radius 1 is 1.20 bits per heavy atom. The summed E-state index contributed by atoms with van der Waals surface area (Å²) < 4.78 is 0. The van der Waals surface area contributed by atoms with Crippen molar-refractivity contribution >= 4 is 5.91 Å². The van der Waals surface area contributed by atoms with Crippen LogP contribution in [0.5, 0.6) is 0 Å². The largest absolute Gasteiger partial charge is 0.392 e. The van der Waals surface area contributed by atoms with Gasteiger partial charge < -0.3 is 10.4 Å². The lowest BCUT2D eigenvalue weighted by molar-refractivity contribution is -0.121. The van der Waals surface area contributed by atoms with Gasteiger partial charge >= 0.3 is 0 Å². The molecule has 0 rings (SSSR count). The molecule has 0 unspecified atom stereocenters. The predicted octanol–water partition coefficient (Wildman–Crippen LogP) is 2.23. The number of carbonyl (C=O) groups is 1. The normalized spacial score (nSPS) is 12.5. The van der Waals surface area contributed by atoms with Crippen LogP contribution in [0.15, 0.2) is 0 Å². The third-order valence-electron chi connectivity index (χ3n) is 2.35. The van der Waals surface area contributed by atoms with E-state index < -0.39 is 6.10 Å². The van der Waals surface area contributed by atoms with Crippen LogP contribution < -0.4 is 5.32 Å². The summed E-state index contributed by atoms with van der Waals surface area (Å²) in [6.45, 7) is 4.24. The fraction of sp³-hybridized carbons (Fsp3) is 0.917. The minimum absolute atomic E-state index is 0.0615. The zero-order chi connectivity index (χ0) is 11.5. The third-order valence-corrected chi connectivity index (χ3v) is 2.35. The van der Waals surface area contributed by atoms with Gasteiger partial charge in [0.2, 0.25) is 5.91 Å². The molecule has 90 valence electrons. The molecule has 0 saturated carbocycles. The summed E-state index contributed by atoms with van der Waals surface area (Å²) in [5, 5.41) is 11.7. The van der Waals surface area contributed by atoms with Crippen LogP contribution in [0.1, 0.15) is 58.8 Å². The number of hydrogen-bond donors (Lipinski definition) is 2. The minimum Gasteiger partial charge on any atom is -0.392 e. The molecule has 0 saturated heterocycles. The molecule has 0 aromatic rings. The Hall–Kier alpha value is -0.570. The average molecular weight is 215 g/mol. The van der Waals surface area contributed by atoms with E-state index in [9.17, 15) is 4.79 Å². The average Bonchev–Trinajstić information content (AvgIpc) is 2.20. The molecule has 0 aromatic carbocycles. The molecule has 0 bridgehead atoms. The van der Waals surface area contributed by atoms with E-state index in [1.54, 1.807) is 6.92 Å². The maximum absolute atomic E-state index is 11.2. The number of hydrogen-bond acceptors (Lipinski definition) is 2. The number of carbonyl (C=O) groups excluding carboxylic acids is 1. The van der Waals surface area contributed by atoms with Crippen LogP contribution in [0.25, 0.3) is 0 Å². The molecule has 1 atom stereocenters. The van der Waals surface area contributed by atoms with Gasteiger partial charge in [0.05, 0.1) is 6.10 Å². The number of rotatable bonds is 9. The Balaban J connectivity index is 3.17. The first-order chi connectivity index (χ1) is 7.16. The van der Waals surface area contributed by atoms with Crippen molar-refractivity contribution in [1.29, 1.82) is 0 Å². The monoisotopic (exact) mass is 215 g/mol. The van der Waals surface area contributed by atoms with Crippen molar-refractivity contribution in [2.45, 2.75) is 64.9 Å². The van der Waals surface area contributed by atoms with E-state index in [2.05, 4.69) is 12.2 Å². The van der Waals surface area contributed by atoms with Crippen LogP contribution in [-0.4, -0.2) is 23.7 Å². The lowest BCUT2D eigenvalue weighted by Crippen LogP contribution is -2.30. The van der Waals surface area contributed by atoms with Crippen LogP contribution in [0.4, 0.5) is 0 Å². The lowest BCUT2D eigenvalue weighted by Gasteiger charge is -2.06. The molecule has 0 aliphatic carbocycles. The number of unbranched alkanes of at least 4 members (excludes halogenated alkanes) is 5. The van der Waals surface area contributed by atoms with Crippen molar-refractivity contribution in [3.05, 3.63) is 0 Å². The summed E-state index contributed by atoms with van der Waals surface area (Å²) in [5.74, 6) is 0.0615. The van der Waals surface area contributed by atoms with E-state index in [0.717, 1.165) is 12.8 Å². The van der Waals surface area contributed by atoms with E-state index in [-0.39, 0.29) is 5.91 Å². The SMILES string of the molecule is CCCCCCCCC(=O)NC[C@@H](C)O. The quantitative estimate of drug-likeness (QED) is 0.579. The summed E-state index contributed by atoms with van der Waals surface area (Å²) in [6, 6.07) is 0. The van der Waals surface area contributed by atoms with Gasteiger partial charge in [0, 0.05) is 13.0 Å². The van der Waals surface area contributed by atoms with Crippen LogP contribution in [0, 0.1) is 0 Å². The molecule has 3 heteroatoms. The zero-order valence-corrected chi connectivity index (χ0v) is 10.1. The van der Waals surface area contributed by atoms with Gasteiger partial charge in [-0.2, -0.15) is 0 Å². The Labute approximate surface area is 93.3 Å². The molecular weight excluding hydrogens is 190 g/mol. The van der Waals surface area contributed by atoms with Gasteiger partial charge in [-0.1, -0.05) is 39.0 Å². The molecule has 0 fully saturated rings. The second-order valence-electron chi connectivity index (χ2n) is 4.17. The standard InChI is InChI=1S/C12H25NO2/c1-3-4-5-6-7-8-9-12(15)13-10-11(2)14/h11,14H,3-10H2,1-2H3,(H,13,15)/t11-/m1/s1. The molecule has 0 aromatic heterocycles. The Kier molecular flexibility index (Phi) is 9.59. The molecule has 0 radical (unpaired) electrons. The fourth-order valence-electron chi connectivity index (χ4n) is 1.42. The topological polar surface area (TPSA) is 49.3 Å². The first kappa shape index (κ1) is 14.4. The van der Waals surface area contributed by atoms with Gasteiger partial charge in [-0.05, 0) is 13.3 Å². The summed E-state index contributed by atoms with van der Waals surface area (Å²) in [4.78, 5) is 11.2. The van der Waals surface area contributed by atoms with E-state index in [0.29, 0.717) is 13.0 Å². The van der Waals surface area contributed by atoms with Gasteiger partial charge in [0.15, 0.2) is 0 Å². The van der Waals surface area contributed by atoms with Crippen molar-refractivity contribution in [2.75, 3.05) is 6.54 Å². The molecule has 0 heterocycles. The number of aliphatic hydroxyl groups excluding tert-OH is 1. The first-order valence-corrected chi connectivity index (χ1v) is 6.11. The van der Waals surface area contributed by atoms with Crippen LogP contribution in [-0.2, 0) is 4.79 Å². The molecule has 0 aliphatic rings. The van der Waals surface area contributed by atoms with Gasteiger partial charge in [-0.3, -0.25) is 4.79 Å². The fourth-order valence-corrected chi connectivity index (χ4v) is 1.42. The predicted molar refractivity (Wildman–Crippen MR) is 62.7 cm³/mol. The highest BCUT2D eigenvalue weighted by Gasteiger charge is 2.02. The highest BCUT2D eigenvalue weighted by Crippen LogP contribution is 2.06. The zero-order valence-electron chi connectivity index (χ0n) is 10.1. The number of aliphatic hydroxyl groups is 1. The molecule has 3 nitrogen and oxygen atoms in total. The number of amides is 1. The summed E-state index contributed by atoms with van der Waals surface area (Å²) in [6.07, 6.45) is 7.33. The molecule has 15 heavy (non-hydrogen) atoms. The summed E-state index contributed by atoms with van der Waals surface area (Å²) in [5.41, 5.74) is 0. The van der Waals surface area contributed by atoms with Crippen molar-refractivity contribution in [3.8, 4) is 0 Å². The van der Waals surface area contributed by atoms with Crippen molar-refractivity contribution in [2.24, 2.45) is 0 Å². The van der Waals surface area contributed by atoms with Gasteiger partial charge in [-0.25, -0.2) is 0 Å².